The molecule has 1 atom stereocenters. The van der Waals surface area contributed by atoms with Crippen LogP contribution in [0.4, 0.5) is 0 Å². The van der Waals surface area contributed by atoms with Crippen molar-refractivity contribution in [2.75, 3.05) is 6.54 Å². The normalized spacial score (nSPS) is 12.0. The largest absolute Gasteiger partial charge is 0.506 e. The topological polar surface area (TPSA) is 72.3 Å². The smallest absolute Gasteiger partial charge is 0.139 e. The molecule has 1 rings (SSSR count). The van der Waals surface area contributed by atoms with Crippen LogP contribution in [0.2, 0.25) is 10.0 Å². The first-order chi connectivity index (χ1) is 6.56. The molecule has 0 unspecified atom stereocenters. The van der Waals surface area contributed by atoms with Gasteiger partial charge in [-0.05, 0) is 25.1 Å². The highest BCUT2D eigenvalue weighted by molar-refractivity contribution is 6.35. The fourth-order valence-corrected chi connectivity index (χ4v) is 1.71. The van der Waals surface area contributed by atoms with E-state index < -0.39 is 0 Å². The minimum absolute atomic E-state index is 0. The Bertz CT molecular complexity index is 333. The second-order valence-corrected chi connectivity index (χ2v) is 3.85. The van der Waals surface area contributed by atoms with Crippen molar-refractivity contribution in [1.82, 2.24) is 0 Å². The summed E-state index contributed by atoms with van der Waals surface area (Å²) in [6.45, 7) is 0.449. The third-order valence-electron chi connectivity index (χ3n) is 1.93. The quantitative estimate of drug-likeness (QED) is 0.791. The maximum absolute atomic E-state index is 9.61. The van der Waals surface area contributed by atoms with Gasteiger partial charge in [0.15, 0.2) is 0 Å². The van der Waals surface area contributed by atoms with E-state index in [9.17, 15) is 5.11 Å². The predicted octanol–water partition coefficient (Wildman–Crippen LogP) is 2.47. The molecule has 3 nitrogen and oxygen atoms in total. The zero-order valence-corrected chi connectivity index (χ0v) is 10.2. The molecule has 1 aromatic carbocycles. The maximum Gasteiger partial charge on any atom is 0.139 e. The molecular formula is C9H13Cl3N2O. The van der Waals surface area contributed by atoms with Crippen LogP contribution in [-0.4, -0.2) is 11.7 Å². The number of halogens is 3. The van der Waals surface area contributed by atoms with Gasteiger partial charge in [-0.2, -0.15) is 0 Å². The summed E-state index contributed by atoms with van der Waals surface area (Å²) in [5, 5.41) is 10.3. The second kappa shape index (κ2) is 6.40. The zero-order valence-electron chi connectivity index (χ0n) is 7.91. The Morgan fingerprint density at radius 2 is 1.93 bits per heavy atom. The van der Waals surface area contributed by atoms with Crippen LogP contribution in [0.25, 0.3) is 0 Å². The summed E-state index contributed by atoms with van der Waals surface area (Å²) in [4.78, 5) is 0. The minimum Gasteiger partial charge on any atom is -0.506 e. The first-order valence-electron chi connectivity index (χ1n) is 4.19. The van der Waals surface area contributed by atoms with Crippen LogP contribution >= 0.6 is 35.6 Å². The van der Waals surface area contributed by atoms with Crippen molar-refractivity contribution in [1.29, 1.82) is 0 Å². The molecule has 0 aromatic heterocycles. The van der Waals surface area contributed by atoms with Gasteiger partial charge in [0.05, 0.1) is 5.02 Å². The van der Waals surface area contributed by atoms with E-state index in [0.29, 0.717) is 23.6 Å². The lowest BCUT2D eigenvalue weighted by Crippen LogP contribution is -2.15. The Hall–Kier alpha value is -0.190. The molecule has 0 aliphatic heterocycles. The number of phenolic OH excluding ortho intramolecular Hbond substituents is 1. The molecule has 0 saturated heterocycles. The first-order valence-corrected chi connectivity index (χ1v) is 4.95. The van der Waals surface area contributed by atoms with Crippen LogP contribution in [0, 0.1) is 0 Å². The average molecular weight is 272 g/mol. The van der Waals surface area contributed by atoms with Gasteiger partial charge in [-0.15, -0.1) is 12.4 Å². The second-order valence-electron chi connectivity index (χ2n) is 3.01. The van der Waals surface area contributed by atoms with Gasteiger partial charge in [-0.25, -0.2) is 0 Å². The van der Waals surface area contributed by atoms with Crippen molar-refractivity contribution in [3.8, 4) is 5.75 Å². The van der Waals surface area contributed by atoms with Crippen molar-refractivity contribution in [3.63, 3.8) is 0 Å². The fourth-order valence-electron chi connectivity index (χ4n) is 1.20. The Kier molecular flexibility index (Phi) is 6.32. The molecule has 5 N–H and O–H groups in total. The van der Waals surface area contributed by atoms with E-state index in [0.717, 1.165) is 0 Å². The predicted molar refractivity (Wildman–Crippen MR) is 66.0 cm³/mol. The number of aromatic hydroxyl groups is 1. The van der Waals surface area contributed by atoms with Gasteiger partial charge >= 0.3 is 0 Å². The summed E-state index contributed by atoms with van der Waals surface area (Å²) in [5.41, 5.74) is 11.7. The third kappa shape index (κ3) is 3.70. The Labute approximate surface area is 105 Å². The van der Waals surface area contributed by atoms with E-state index >= 15 is 0 Å². The van der Waals surface area contributed by atoms with Crippen LogP contribution in [0.1, 0.15) is 18.0 Å². The van der Waals surface area contributed by atoms with Crippen molar-refractivity contribution in [2.45, 2.75) is 12.5 Å². The highest BCUT2D eigenvalue weighted by Gasteiger charge is 2.13. The van der Waals surface area contributed by atoms with E-state index in [2.05, 4.69) is 0 Å². The fraction of sp³-hybridized carbons (Fsp3) is 0.333. The van der Waals surface area contributed by atoms with Crippen molar-refractivity contribution >= 4 is 35.6 Å². The van der Waals surface area contributed by atoms with Gasteiger partial charge in [0, 0.05) is 16.6 Å². The van der Waals surface area contributed by atoms with E-state index in [1.165, 1.54) is 6.07 Å². The molecule has 0 fully saturated rings. The molecule has 15 heavy (non-hydrogen) atoms. The minimum atomic E-state index is -0.337. The monoisotopic (exact) mass is 270 g/mol. The number of benzene rings is 1. The number of nitrogens with two attached hydrogens (primary N) is 2. The standard InChI is InChI=1S/C9H12Cl2N2O.ClH/c10-5-3-6(8(13)1-2-12)9(14)7(11)4-5;/h3-4,8,14H,1-2,12-13H2;1H/t8-;/m1./s1. The summed E-state index contributed by atoms with van der Waals surface area (Å²) in [6, 6.07) is 2.73. The van der Waals surface area contributed by atoms with Gasteiger partial charge in [-0.3, -0.25) is 0 Å². The molecule has 0 radical (unpaired) electrons. The molecule has 0 aliphatic rings. The number of rotatable bonds is 3. The van der Waals surface area contributed by atoms with Gasteiger partial charge in [0.2, 0.25) is 0 Å². The van der Waals surface area contributed by atoms with Gasteiger partial charge in [0.25, 0.3) is 0 Å². The van der Waals surface area contributed by atoms with E-state index in [1.807, 2.05) is 0 Å². The zero-order chi connectivity index (χ0) is 10.7. The van der Waals surface area contributed by atoms with Crippen LogP contribution in [0.3, 0.4) is 0 Å². The summed E-state index contributed by atoms with van der Waals surface area (Å²) in [6.07, 6.45) is 0.574. The van der Waals surface area contributed by atoms with Crippen LogP contribution < -0.4 is 11.5 Å². The third-order valence-corrected chi connectivity index (χ3v) is 2.44. The molecule has 86 valence electrons. The van der Waals surface area contributed by atoms with Crippen LogP contribution in [-0.2, 0) is 0 Å². The molecule has 1 aromatic rings. The highest BCUT2D eigenvalue weighted by Crippen LogP contribution is 2.34. The Morgan fingerprint density at radius 3 is 2.47 bits per heavy atom. The maximum atomic E-state index is 9.61. The van der Waals surface area contributed by atoms with E-state index in [1.54, 1.807) is 6.07 Å². The molecular weight excluding hydrogens is 258 g/mol. The highest BCUT2D eigenvalue weighted by atomic mass is 35.5. The number of hydrogen-bond donors (Lipinski definition) is 3. The first kappa shape index (κ1) is 14.8. The average Bonchev–Trinajstić information content (AvgIpc) is 2.11. The molecule has 0 bridgehead atoms. The molecule has 0 spiro atoms. The summed E-state index contributed by atoms with van der Waals surface area (Å²) >= 11 is 11.5. The molecule has 6 heteroatoms. The van der Waals surface area contributed by atoms with Crippen molar-refractivity contribution in [2.24, 2.45) is 11.5 Å². The van der Waals surface area contributed by atoms with Gasteiger partial charge in [0.1, 0.15) is 5.75 Å². The number of phenols is 1. The van der Waals surface area contributed by atoms with E-state index in [4.69, 9.17) is 34.7 Å². The van der Waals surface area contributed by atoms with Crippen molar-refractivity contribution in [3.05, 3.63) is 27.7 Å². The lowest BCUT2D eigenvalue weighted by Gasteiger charge is -2.13. The summed E-state index contributed by atoms with van der Waals surface area (Å²) in [7, 11) is 0. The van der Waals surface area contributed by atoms with Crippen LogP contribution in [0.5, 0.6) is 5.75 Å². The lowest BCUT2D eigenvalue weighted by molar-refractivity contribution is 0.459. The molecule has 0 amide bonds. The molecule has 0 aliphatic carbocycles. The Balaban J connectivity index is 0.00000196. The number of hydrogen-bond acceptors (Lipinski definition) is 3. The molecule has 0 heterocycles. The van der Waals surface area contributed by atoms with Crippen molar-refractivity contribution < 1.29 is 5.11 Å². The SMILES string of the molecule is Cl.NCC[C@@H](N)c1cc(Cl)cc(Cl)c1O. The van der Waals surface area contributed by atoms with Crippen LogP contribution in [0.15, 0.2) is 12.1 Å². The summed E-state index contributed by atoms with van der Waals surface area (Å²) < 4.78 is 0. The molecule has 0 saturated carbocycles. The van der Waals surface area contributed by atoms with Gasteiger partial charge in [-0.1, -0.05) is 23.2 Å². The van der Waals surface area contributed by atoms with Gasteiger partial charge < -0.3 is 16.6 Å². The van der Waals surface area contributed by atoms with E-state index in [-0.39, 0.29) is 29.2 Å². The summed E-state index contributed by atoms with van der Waals surface area (Å²) in [5.74, 6) is -0.0167. The Morgan fingerprint density at radius 1 is 1.33 bits per heavy atom. The lowest BCUT2D eigenvalue weighted by atomic mass is 10.0.